The number of rotatable bonds is 65. The van der Waals surface area contributed by atoms with E-state index in [0.717, 1.165) is 38.5 Å². The minimum atomic E-state index is -0.555. The molecule has 0 saturated carbocycles. The highest BCUT2D eigenvalue weighted by Gasteiger charge is 2.26. The molecule has 0 spiro atoms. The maximum absolute atomic E-state index is 12.5. The fourth-order valence-corrected chi connectivity index (χ4v) is 11.5. The monoisotopic (exact) mass is 1040 g/mol. The van der Waals surface area contributed by atoms with E-state index in [9.17, 15) is 9.90 Å². The molecule has 2 atom stereocenters. The quantitative estimate of drug-likeness (QED) is 0.0375. The smallest absolute Gasteiger partial charge is 0.311 e. The number of aliphatic hydroxyl groups is 1. The van der Waals surface area contributed by atoms with Crippen molar-refractivity contribution in [3.8, 4) is 0 Å². The van der Waals surface area contributed by atoms with Crippen LogP contribution in [0.25, 0.3) is 0 Å². The first kappa shape index (κ1) is 72.9. The molecule has 0 heterocycles. The van der Waals surface area contributed by atoms with Crippen LogP contribution in [-0.2, 0) is 9.53 Å². The summed E-state index contributed by atoms with van der Waals surface area (Å²) < 4.78 is 5.10. The third-order valence-corrected chi connectivity index (χ3v) is 16.8. The van der Waals surface area contributed by atoms with Crippen LogP contribution in [0.15, 0.2) is 24.3 Å². The van der Waals surface area contributed by atoms with Gasteiger partial charge in [0.15, 0.2) is 0 Å². The van der Waals surface area contributed by atoms with Crippen LogP contribution in [0.4, 0.5) is 0 Å². The van der Waals surface area contributed by atoms with E-state index in [2.05, 4.69) is 38.2 Å². The first-order valence-electron chi connectivity index (χ1n) is 34.7. The Bertz CT molecular complexity index is 1080. The molecule has 0 fully saturated rings. The molecule has 0 bridgehead atoms. The van der Waals surface area contributed by atoms with Crippen molar-refractivity contribution in [2.24, 2.45) is 5.92 Å². The van der Waals surface area contributed by atoms with Crippen molar-refractivity contribution in [1.82, 2.24) is 0 Å². The molecular weight excluding hydrogens is 901 g/mol. The van der Waals surface area contributed by atoms with Crippen LogP contribution < -0.4 is 0 Å². The summed E-state index contributed by atoms with van der Waals surface area (Å²) in [4.78, 5) is 12.5. The van der Waals surface area contributed by atoms with Crippen LogP contribution in [0.5, 0.6) is 0 Å². The number of carbonyl (C=O) groups excluding carboxylic acids is 1. The largest absolute Gasteiger partial charge is 0.469 e. The topological polar surface area (TPSA) is 46.5 Å². The predicted octanol–water partition coefficient (Wildman–Crippen LogP) is 25.1. The highest BCUT2D eigenvalue weighted by molar-refractivity contribution is 5.72. The maximum atomic E-state index is 12.5. The Morgan fingerprint density at radius 2 is 0.459 bits per heavy atom. The zero-order valence-corrected chi connectivity index (χ0v) is 51.4. The summed E-state index contributed by atoms with van der Waals surface area (Å²) in [6.07, 6.45) is 92.3. The van der Waals surface area contributed by atoms with Gasteiger partial charge in [-0.25, -0.2) is 0 Å². The third-order valence-electron chi connectivity index (χ3n) is 16.8. The van der Waals surface area contributed by atoms with Gasteiger partial charge in [0.1, 0.15) is 0 Å². The van der Waals surface area contributed by atoms with Gasteiger partial charge in [0, 0.05) is 0 Å². The minimum Gasteiger partial charge on any atom is -0.469 e. The average Bonchev–Trinajstić information content (AvgIpc) is 3.41. The Balaban J connectivity index is 3.40. The Kier molecular flexibility index (Phi) is 65.2. The van der Waals surface area contributed by atoms with Crippen molar-refractivity contribution in [2.75, 3.05) is 7.11 Å². The van der Waals surface area contributed by atoms with Crippen LogP contribution >= 0.6 is 0 Å². The van der Waals surface area contributed by atoms with Crippen LogP contribution in [-0.4, -0.2) is 24.3 Å². The molecule has 0 amide bonds. The summed E-state index contributed by atoms with van der Waals surface area (Å²) in [7, 11) is 1.47. The van der Waals surface area contributed by atoms with Gasteiger partial charge in [-0.2, -0.15) is 0 Å². The second-order valence-corrected chi connectivity index (χ2v) is 24.1. The van der Waals surface area contributed by atoms with Gasteiger partial charge < -0.3 is 9.84 Å². The molecule has 3 heteroatoms. The Morgan fingerprint density at radius 1 is 0.284 bits per heavy atom. The van der Waals surface area contributed by atoms with Gasteiger partial charge in [0.05, 0.1) is 19.1 Å². The fraction of sp³-hybridized carbons (Fsp3) is 0.930. The zero-order chi connectivity index (χ0) is 53.4. The van der Waals surface area contributed by atoms with E-state index in [4.69, 9.17) is 4.74 Å². The standard InChI is InChI=1S/C71H138O3/c1-4-6-8-10-12-14-16-18-20-22-24-25-26-27-28-29-30-31-32-33-34-35-36-37-38-39-40-41-42-43-44-45-46-47-48-49-50-52-54-56-58-60-62-64-66-68-70(72)69(71(73)74-3)67-65-63-61-59-57-55-53-51-23-21-19-17-15-13-11-9-7-5-2/h29-30,43-44,69-70,72H,4-28,31-42,45-68H2,1-3H3. The molecule has 440 valence electrons. The van der Waals surface area contributed by atoms with Crippen molar-refractivity contribution >= 4 is 5.97 Å². The molecule has 0 rings (SSSR count). The van der Waals surface area contributed by atoms with Gasteiger partial charge >= 0.3 is 5.97 Å². The summed E-state index contributed by atoms with van der Waals surface area (Å²) in [5.41, 5.74) is 0. The zero-order valence-electron chi connectivity index (χ0n) is 51.4. The molecule has 0 aromatic carbocycles. The van der Waals surface area contributed by atoms with Gasteiger partial charge in [-0.05, 0) is 64.2 Å². The van der Waals surface area contributed by atoms with Crippen LogP contribution in [0.3, 0.4) is 0 Å². The average molecular weight is 1040 g/mol. The number of carbonyl (C=O) groups is 1. The van der Waals surface area contributed by atoms with E-state index in [-0.39, 0.29) is 11.9 Å². The first-order valence-corrected chi connectivity index (χ1v) is 34.7. The van der Waals surface area contributed by atoms with E-state index in [1.165, 1.54) is 360 Å². The summed E-state index contributed by atoms with van der Waals surface area (Å²) in [5, 5.41) is 10.9. The number of methoxy groups -OCH3 is 1. The molecule has 0 aliphatic rings. The number of aliphatic hydroxyl groups excluding tert-OH is 1. The molecule has 0 saturated heterocycles. The van der Waals surface area contributed by atoms with Crippen LogP contribution in [0.2, 0.25) is 0 Å². The SMILES string of the molecule is CCCCCCCCCCCCCCCCC=CCCCCCCCCCCCCC=CCCCCCCCCCCCCCCCC(O)C(CCCCCCCCCCCCCCCCCCCC)C(=O)OC. The van der Waals surface area contributed by atoms with Crippen LogP contribution in [0, 0.1) is 5.92 Å². The fourth-order valence-electron chi connectivity index (χ4n) is 11.5. The number of allylic oxidation sites excluding steroid dienone is 4. The first-order chi connectivity index (χ1) is 36.7. The normalized spacial score (nSPS) is 12.8. The Labute approximate surface area is 467 Å². The second kappa shape index (κ2) is 66.2. The van der Waals surface area contributed by atoms with Crippen molar-refractivity contribution < 1.29 is 14.6 Å². The molecule has 0 radical (unpaired) electrons. The molecule has 2 unspecified atom stereocenters. The lowest BCUT2D eigenvalue weighted by molar-refractivity contribution is -0.150. The van der Waals surface area contributed by atoms with Crippen molar-refractivity contribution in [1.29, 1.82) is 0 Å². The number of unbranched alkanes of at least 4 members (excludes halogenated alkanes) is 55. The van der Waals surface area contributed by atoms with E-state index >= 15 is 0 Å². The molecule has 1 N–H and O–H groups in total. The minimum absolute atomic E-state index is 0.215. The van der Waals surface area contributed by atoms with Gasteiger partial charge in [-0.3, -0.25) is 4.79 Å². The van der Waals surface area contributed by atoms with Gasteiger partial charge in [-0.1, -0.05) is 366 Å². The number of hydrogen-bond acceptors (Lipinski definition) is 3. The molecule has 0 aromatic heterocycles. The van der Waals surface area contributed by atoms with Crippen molar-refractivity contribution in [3.05, 3.63) is 24.3 Å². The molecule has 0 aliphatic heterocycles. The lowest BCUT2D eigenvalue weighted by Crippen LogP contribution is -2.29. The predicted molar refractivity (Wildman–Crippen MR) is 333 cm³/mol. The molecular formula is C71H138O3. The summed E-state index contributed by atoms with van der Waals surface area (Å²) >= 11 is 0. The number of hydrogen-bond donors (Lipinski definition) is 1. The summed E-state index contributed by atoms with van der Waals surface area (Å²) in [6.45, 7) is 4.60. The summed E-state index contributed by atoms with van der Waals surface area (Å²) in [5.74, 6) is -0.563. The molecule has 74 heavy (non-hydrogen) atoms. The maximum Gasteiger partial charge on any atom is 0.311 e. The number of esters is 1. The van der Waals surface area contributed by atoms with Crippen molar-refractivity contribution in [3.63, 3.8) is 0 Å². The highest BCUT2D eigenvalue weighted by atomic mass is 16.5. The lowest BCUT2D eigenvalue weighted by atomic mass is 9.91. The van der Waals surface area contributed by atoms with Gasteiger partial charge in [0.2, 0.25) is 0 Å². The van der Waals surface area contributed by atoms with Crippen molar-refractivity contribution in [2.45, 2.75) is 412 Å². The van der Waals surface area contributed by atoms with E-state index in [0.29, 0.717) is 0 Å². The highest BCUT2D eigenvalue weighted by Crippen LogP contribution is 2.23. The molecule has 3 nitrogen and oxygen atoms in total. The van der Waals surface area contributed by atoms with E-state index in [1.54, 1.807) is 0 Å². The molecule has 0 aliphatic carbocycles. The Morgan fingerprint density at radius 3 is 0.662 bits per heavy atom. The Hall–Kier alpha value is -1.09. The molecule has 0 aromatic rings. The van der Waals surface area contributed by atoms with E-state index < -0.39 is 6.10 Å². The van der Waals surface area contributed by atoms with Gasteiger partial charge in [0.25, 0.3) is 0 Å². The lowest BCUT2D eigenvalue weighted by Gasteiger charge is -2.20. The van der Waals surface area contributed by atoms with Crippen LogP contribution in [0.1, 0.15) is 406 Å². The van der Waals surface area contributed by atoms with E-state index in [1.807, 2.05) is 0 Å². The summed E-state index contributed by atoms with van der Waals surface area (Å²) in [6, 6.07) is 0. The number of ether oxygens (including phenoxy) is 1. The van der Waals surface area contributed by atoms with Gasteiger partial charge in [-0.15, -0.1) is 0 Å². The second-order valence-electron chi connectivity index (χ2n) is 24.1. The third kappa shape index (κ3) is 60.1.